The number of rotatable bonds is 5. The molecule has 1 aliphatic carbocycles. The predicted octanol–water partition coefficient (Wildman–Crippen LogP) is 3.95. The van der Waals surface area contributed by atoms with Gasteiger partial charge in [0.05, 0.1) is 37.0 Å². The van der Waals surface area contributed by atoms with Gasteiger partial charge in [-0.2, -0.15) is 0 Å². The average Bonchev–Trinajstić information content (AvgIpc) is 3.16. The summed E-state index contributed by atoms with van der Waals surface area (Å²) in [6.45, 7) is 0. The minimum Gasteiger partial charge on any atom is -0.497 e. The van der Waals surface area contributed by atoms with Crippen LogP contribution in [-0.2, 0) is 4.79 Å². The van der Waals surface area contributed by atoms with Gasteiger partial charge in [0.1, 0.15) is 11.5 Å². The molecule has 0 N–H and O–H groups in total. The minimum absolute atomic E-state index is 0.0571. The molecule has 1 saturated heterocycles. The Kier molecular flexibility index (Phi) is 4.49. The Morgan fingerprint density at radius 1 is 0.885 bits per heavy atom. The summed E-state index contributed by atoms with van der Waals surface area (Å²) in [7, 11) is 3.30. The lowest BCUT2D eigenvalue weighted by Gasteiger charge is -2.34. The lowest BCUT2D eigenvalue weighted by Crippen LogP contribution is -2.39. The Morgan fingerprint density at radius 3 is 1.77 bits per heavy atom. The van der Waals surface area contributed by atoms with Crippen molar-refractivity contribution in [1.29, 1.82) is 0 Å². The van der Waals surface area contributed by atoms with Crippen molar-refractivity contribution in [2.24, 2.45) is 5.92 Å². The number of hydrogen-bond acceptors (Lipinski definition) is 3. The number of halogens is 1. The third kappa shape index (κ3) is 2.71. The predicted molar refractivity (Wildman–Crippen MR) is 104 cm³/mol. The molecule has 1 heterocycles. The summed E-state index contributed by atoms with van der Waals surface area (Å²) in [6, 6.07) is 15.8. The zero-order valence-electron chi connectivity index (χ0n) is 14.6. The molecule has 2 aliphatic rings. The van der Waals surface area contributed by atoms with Crippen molar-refractivity contribution in [2.45, 2.75) is 16.9 Å². The Hall–Kier alpha value is -2.27. The van der Waals surface area contributed by atoms with E-state index in [0.717, 1.165) is 22.6 Å². The second-order valence-electron chi connectivity index (χ2n) is 6.54. The molecule has 0 aromatic heterocycles. The van der Waals surface area contributed by atoms with Crippen molar-refractivity contribution < 1.29 is 14.3 Å². The van der Waals surface area contributed by atoms with Gasteiger partial charge in [0.2, 0.25) is 5.91 Å². The summed E-state index contributed by atoms with van der Waals surface area (Å²) in [6.07, 6.45) is 4.15. The number of ether oxygens (including phenoxy) is 2. The topological polar surface area (TPSA) is 38.8 Å². The maximum absolute atomic E-state index is 13.0. The average molecular weight is 414 g/mol. The van der Waals surface area contributed by atoms with Gasteiger partial charge >= 0.3 is 0 Å². The van der Waals surface area contributed by atoms with Crippen LogP contribution in [-0.4, -0.2) is 35.9 Å². The summed E-state index contributed by atoms with van der Waals surface area (Å²) in [5.74, 6) is 1.68. The zero-order valence-corrected chi connectivity index (χ0v) is 16.2. The highest BCUT2D eigenvalue weighted by Gasteiger charge is 2.51. The summed E-state index contributed by atoms with van der Waals surface area (Å²) in [4.78, 5) is 15.1. The Bertz CT molecular complexity index is 784. The van der Waals surface area contributed by atoms with Gasteiger partial charge in [0, 0.05) is 0 Å². The largest absolute Gasteiger partial charge is 0.497 e. The van der Waals surface area contributed by atoms with Crippen LogP contribution in [0, 0.1) is 5.92 Å². The molecule has 4 rings (SSSR count). The first-order chi connectivity index (χ1) is 12.6. The number of alkyl halides is 1. The van der Waals surface area contributed by atoms with Crippen LogP contribution in [0.25, 0.3) is 0 Å². The first-order valence-corrected chi connectivity index (χ1v) is 9.48. The highest BCUT2D eigenvalue weighted by atomic mass is 79.9. The van der Waals surface area contributed by atoms with Gasteiger partial charge < -0.3 is 14.4 Å². The van der Waals surface area contributed by atoms with E-state index in [4.69, 9.17) is 9.47 Å². The molecular weight excluding hydrogens is 394 g/mol. The van der Waals surface area contributed by atoms with Gasteiger partial charge in [-0.3, -0.25) is 4.79 Å². The monoisotopic (exact) mass is 413 g/mol. The second-order valence-corrected chi connectivity index (χ2v) is 7.60. The van der Waals surface area contributed by atoms with Crippen molar-refractivity contribution >= 4 is 21.8 Å². The van der Waals surface area contributed by atoms with Crippen LogP contribution in [0.15, 0.2) is 60.7 Å². The molecular formula is C21H20BrNO3. The van der Waals surface area contributed by atoms with Gasteiger partial charge in [-0.15, -0.1) is 0 Å². The van der Waals surface area contributed by atoms with Crippen LogP contribution in [0.4, 0.5) is 0 Å². The molecule has 0 radical (unpaired) electrons. The van der Waals surface area contributed by atoms with E-state index < -0.39 is 0 Å². The van der Waals surface area contributed by atoms with Crippen LogP contribution < -0.4 is 9.47 Å². The summed E-state index contributed by atoms with van der Waals surface area (Å²) >= 11 is 3.71. The standard InChI is InChI=1S/C21H20BrNO3/c1-25-15-7-3-13(4-8-15)20(14-5-9-16(26-2)10-6-14)23-18-12-11-17(19(18)22)21(23)24/h3-12,17-20H,1-2H3/t17-,18+,19+/m1/s1. The number of benzene rings is 2. The van der Waals surface area contributed by atoms with E-state index in [9.17, 15) is 4.79 Å². The van der Waals surface area contributed by atoms with Crippen molar-refractivity contribution in [3.63, 3.8) is 0 Å². The molecule has 0 unspecified atom stereocenters. The fourth-order valence-corrected chi connectivity index (χ4v) is 4.66. The third-order valence-electron chi connectivity index (χ3n) is 5.19. The Morgan fingerprint density at radius 2 is 1.38 bits per heavy atom. The molecule has 2 aromatic rings. The first-order valence-electron chi connectivity index (χ1n) is 8.56. The lowest BCUT2D eigenvalue weighted by atomic mass is 9.95. The van der Waals surface area contributed by atoms with Crippen molar-refractivity contribution in [3.05, 3.63) is 71.8 Å². The molecule has 134 valence electrons. The quantitative estimate of drug-likeness (QED) is 0.550. The van der Waals surface area contributed by atoms with E-state index in [1.165, 1.54) is 0 Å². The highest BCUT2D eigenvalue weighted by Crippen LogP contribution is 2.45. The fraction of sp³-hybridized carbons (Fsp3) is 0.286. The number of fused-ring (bicyclic) bond motifs is 2. The van der Waals surface area contributed by atoms with Gasteiger partial charge in [-0.25, -0.2) is 0 Å². The summed E-state index contributed by atoms with van der Waals surface area (Å²) < 4.78 is 10.6. The van der Waals surface area contributed by atoms with Gasteiger partial charge in [-0.1, -0.05) is 52.3 Å². The van der Waals surface area contributed by atoms with E-state index in [0.29, 0.717) is 0 Å². The van der Waals surface area contributed by atoms with E-state index in [1.807, 2.05) is 59.5 Å². The molecule has 1 aliphatic heterocycles. The molecule has 1 amide bonds. The van der Waals surface area contributed by atoms with E-state index in [-0.39, 0.29) is 28.7 Å². The third-order valence-corrected chi connectivity index (χ3v) is 6.30. The number of likely N-dealkylation sites (tertiary alicyclic amines) is 1. The fourth-order valence-electron chi connectivity index (χ4n) is 3.83. The molecule has 5 heteroatoms. The number of nitrogens with zero attached hydrogens (tertiary/aromatic N) is 1. The molecule has 26 heavy (non-hydrogen) atoms. The molecule has 1 fully saturated rings. The molecule has 0 spiro atoms. The number of carbonyl (C=O) groups excluding carboxylic acids is 1. The van der Waals surface area contributed by atoms with Crippen LogP contribution >= 0.6 is 15.9 Å². The normalized spacial score (nSPS) is 23.8. The zero-order chi connectivity index (χ0) is 18.3. The number of methoxy groups -OCH3 is 2. The molecule has 3 atom stereocenters. The van der Waals surface area contributed by atoms with Crippen LogP contribution in [0.2, 0.25) is 0 Å². The molecule has 2 aromatic carbocycles. The Balaban J connectivity index is 1.78. The van der Waals surface area contributed by atoms with E-state index >= 15 is 0 Å². The van der Waals surface area contributed by atoms with Gasteiger partial charge in [-0.05, 0) is 35.4 Å². The van der Waals surface area contributed by atoms with Crippen LogP contribution in [0.3, 0.4) is 0 Å². The highest BCUT2D eigenvalue weighted by molar-refractivity contribution is 9.09. The smallest absolute Gasteiger partial charge is 0.232 e. The number of hydrogen-bond donors (Lipinski definition) is 0. The van der Waals surface area contributed by atoms with E-state index in [1.54, 1.807) is 14.2 Å². The van der Waals surface area contributed by atoms with E-state index in [2.05, 4.69) is 22.0 Å². The molecule has 2 bridgehead atoms. The second kappa shape index (κ2) is 6.80. The van der Waals surface area contributed by atoms with Crippen LogP contribution in [0.5, 0.6) is 11.5 Å². The molecule has 0 saturated carbocycles. The summed E-state index contributed by atoms with van der Waals surface area (Å²) in [5, 5.41) is 0. The van der Waals surface area contributed by atoms with Gasteiger partial charge in [0.25, 0.3) is 0 Å². The number of amides is 1. The minimum atomic E-state index is -0.153. The maximum atomic E-state index is 13.0. The maximum Gasteiger partial charge on any atom is 0.232 e. The van der Waals surface area contributed by atoms with Crippen LogP contribution in [0.1, 0.15) is 17.2 Å². The van der Waals surface area contributed by atoms with Crippen molar-refractivity contribution in [1.82, 2.24) is 4.90 Å². The Labute approximate surface area is 161 Å². The lowest BCUT2D eigenvalue weighted by molar-refractivity contribution is -0.132. The molecule has 4 nitrogen and oxygen atoms in total. The van der Waals surface area contributed by atoms with Gasteiger partial charge in [0.15, 0.2) is 0 Å². The first kappa shape index (κ1) is 17.2. The SMILES string of the molecule is COc1ccc(C(c2ccc(OC)cc2)N2C(=O)[C@@H]3C=C[C@H]2[C@H]3Br)cc1. The van der Waals surface area contributed by atoms with Crippen molar-refractivity contribution in [3.8, 4) is 11.5 Å². The number of carbonyl (C=O) groups is 1. The summed E-state index contributed by atoms with van der Waals surface area (Å²) in [5.41, 5.74) is 2.12. The van der Waals surface area contributed by atoms with Crippen molar-refractivity contribution in [2.75, 3.05) is 14.2 Å².